The maximum absolute atomic E-state index is 10.7. The van der Waals surface area contributed by atoms with Gasteiger partial charge < -0.3 is 5.11 Å². The number of rotatable bonds is 5. The molecule has 3 heteroatoms. The lowest BCUT2D eigenvalue weighted by atomic mass is 10.1. The monoisotopic (exact) mass is 158 g/mol. The Hall–Kier alpha value is -0.700. The van der Waals surface area contributed by atoms with Gasteiger partial charge in [0.05, 0.1) is 6.10 Å². The summed E-state index contributed by atoms with van der Waals surface area (Å²) >= 11 is 0. The summed E-state index contributed by atoms with van der Waals surface area (Å²) in [5.41, 5.74) is 0. The van der Waals surface area contributed by atoms with Crippen LogP contribution < -0.4 is 0 Å². The molecule has 0 rings (SSSR count). The summed E-state index contributed by atoms with van der Waals surface area (Å²) in [6, 6.07) is 0. The van der Waals surface area contributed by atoms with Crippen LogP contribution in [0.2, 0.25) is 0 Å². The van der Waals surface area contributed by atoms with Gasteiger partial charge in [-0.3, -0.25) is 9.59 Å². The summed E-state index contributed by atoms with van der Waals surface area (Å²) in [6.07, 6.45) is 1.06. The van der Waals surface area contributed by atoms with Gasteiger partial charge in [-0.1, -0.05) is 0 Å². The number of Topliss-reactive ketones (excluding diaryl/α,β-unsaturated/α-hetero) is 2. The van der Waals surface area contributed by atoms with Gasteiger partial charge in [0.15, 0.2) is 11.6 Å². The quantitative estimate of drug-likeness (QED) is 0.599. The first-order valence-corrected chi connectivity index (χ1v) is 3.76. The maximum atomic E-state index is 10.7. The Bertz CT molecular complexity index is 149. The SMILES string of the molecule is CC(=O)C(=O)CCC[C@H](C)O. The lowest BCUT2D eigenvalue weighted by Gasteiger charge is -2.00. The van der Waals surface area contributed by atoms with Crippen LogP contribution in [0.25, 0.3) is 0 Å². The Kier molecular flexibility index (Phi) is 4.70. The van der Waals surface area contributed by atoms with E-state index in [-0.39, 0.29) is 18.3 Å². The van der Waals surface area contributed by atoms with Crippen molar-refractivity contribution in [2.75, 3.05) is 0 Å². The van der Waals surface area contributed by atoms with Gasteiger partial charge in [-0.2, -0.15) is 0 Å². The van der Waals surface area contributed by atoms with E-state index in [1.165, 1.54) is 6.92 Å². The fraction of sp³-hybridized carbons (Fsp3) is 0.750. The second-order valence-corrected chi connectivity index (χ2v) is 2.72. The van der Waals surface area contributed by atoms with Crippen molar-refractivity contribution in [1.82, 2.24) is 0 Å². The van der Waals surface area contributed by atoms with Crippen molar-refractivity contribution in [2.45, 2.75) is 39.2 Å². The molecule has 0 spiro atoms. The average molecular weight is 158 g/mol. The zero-order valence-corrected chi connectivity index (χ0v) is 6.96. The van der Waals surface area contributed by atoms with Gasteiger partial charge in [-0.05, 0) is 19.8 Å². The van der Waals surface area contributed by atoms with E-state index in [2.05, 4.69) is 0 Å². The Morgan fingerprint density at radius 2 is 2.00 bits per heavy atom. The van der Waals surface area contributed by atoms with Gasteiger partial charge in [0.1, 0.15) is 0 Å². The lowest BCUT2D eigenvalue weighted by molar-refractivity contribution is -0.135. The van der Waals surface area contributed by atoms with Crippen LogP contribution in [-0.2, 0) is 9.59 Å². The fourth-order valence-corrected chi connectivity index (χ4v) is 0.734. The maximum Gasteiger partial charge on any atom is 0.198 e. The third-order valence-corrected chi connectivity index (χ3v) is 1.42. The minimum Gasteiger partial charge on any atom is -0.393 e. The van der Waals surface area contributed by atoms with Crippen LogP contribution in [-0.4, -0.2) is 22.8 Å². The topological polar surface area (TPSA) is 54.4 Å². The van der Waals surface area contributed by atoms with E-state index in [4.69, 9.17) is 5.11 Å². The number of hydrogen-bond acceptors (Lipinski definition) is 3. The van der Waals surface area contributed by atoms with Crippen molar-refractivity contribution in [1.29, 1.82) is 0 Å². The molecule has 0 radical (unpaired) electrons. The molecule has 0 amide bonds. The van der Waals surface area contributed by atoms with Crippen LogP contribution in [0, 0.1) is 0 Å². The molecule has 0 aliphatic rings. The minimum absolute atomic E-state index is 0.264. The molecule has 0 heterocycles. The first kappa shape index (κ1) is 10.3. The average Bonchev–Trinajstić information content (AvgIpc) is 1.86. The van der Waals surface area contributed by atoms with E-state index in [1.54, 1.807) is 6.92 Å². The molecule has 11 heavy (non-hydrogen) atoms. The highest BCUT2D eigenvalue weighted by Crippen LogP contribution is 2.00. The molecule has 0 aromatic heterocycles. The van der Waals surface area contributed by atoms with E-state index in [9.17, 15) is 9.59 Å². The minimum atomic E-state index is -0.393. The van der Waals surface area contributed by atoms with Gasteiger partial charge >= 0.3 is 0 Å². The number of aliphatic hydroxyl groups is 1. The summed E-state index contributed by atoms with van der Waals surface area (Å²) in [7, 11) is 0. The number of aliphatic hydroxyl groups excluding tert-OH is 1. The largest absolute Gasteiger partial charge is 0.393 e. The second kappa shape index (κ2) is 5.02. The molecule has 0 saturated heterocycles. The third-order valence-electron chi connectivity index (χ3n) is 1.42. The summed E-state index contributed by atoms with van der Waals surface area (Å²) in [4.78, 5) is 21.1. The van der Waals surface area contributed by atoms with Crippen LogP contribution >= 0.6 is 0 Å². The van der Waals surface area contributed by atoms with E-state index < -0.39 is 5.78 Å². The second-order valence-electron chi connectivity index (χ2n) is 2.72. The van der Waals surface area contributed by atoms with Crippen LogP contribution in [0.1, 0.15) is 33.1 Å². The molecule has 0 aliphatic heterocycles. The molecule has 0 fully saturated rings. The molecule has 0 unspecified atom stereocenters. The summed E-state index contributed by atoms with van der Waals surface area (Å²) in [5, 5.41) is 8.81. The molecule has 0 aromatic rings. The molecule has 0 bridgehead atoms. The smallest absolute Gasteiger partial charge is 0.198 e. The van der Waals surface area contributed by atoms with E-state index in [1.807, 2.05) is 0 Å². The van der Waals surface area contributed by atoms with Crippen molar-refractivity contribution < 1.29 is 14.7 Å². The number of ketones is 2. The lowest BCUT2D eigenvalue weighted by Crippen LogP contribution is -2.10. The normalized spacial score (nSPS) is 12.6. The van der Waals surface area contributed by atoms with Gasteiger partial charge in [0.2, 0.25) is 0 Å². The Morgan fingerprint density at radius 3 is 2.36 bits per heavy atom. The fourth-order valence-electron chi connectivity index (χ4n) is 0.734. The van der Waals surface area contributed by atoms with Crippen molar-refractivity contribution in [3.05, 3.63) is 0 Å². The number of hydrogen-bond donors (Lipinski definition) is 1. The van der Waals surface area contributed by atoms with E-state index >= 15 is 0 Å². The highest BCUT2D eigenvalue weighted by atomic mass is 16.3. The van der Waals surface area contributed by atoms with Crippen molar-refractivity contribution >= 4 is 11.6 Å². The number of carbonyl (C=O) groups is 2. The van der Waals surface area contributed by atoms with Gasteiger partial charge in [0, 0.05) is 13.3 Å². The molecule has 64 valence electrons. The first-order chi connectivity index (χ1) is 5.04. The predicted molar refractivity (Wildman–Crippen MR) is 41.2 cm³/mol. The molecule has 0 aliphatic carbocycles. The van der Waals surface area contributed by atoms with E-state index in [0.717, 1.165) is 0 Å². The van der Waals surface area contributed by atoms with Gasteiger partial charge in [-0.25, -0.2) is 0 Å². The van der Waals surface area contributed by atoms with Crippen molar-refractivity contribution in [3.63, 3.8) is 0 Å². The molecular formula is C8H14O3. The Balaban J connectivity index is 3.40. The van der Waals surface area contributed by atoms with Crippen LogP contribution in [0.3, 0.4) is 0 Å². The zero-order chi connectivity index (χ0) is 8.85. The van der Waals surface area contributed by atoms with Gasteiger partial charge in [0.25, 0.3) is 0 Å². The third kappa shape index (κ3) is 5.73. The molecule has 1 N–H and O–H groups in total. The molecular weight excluding hydrogens is 144 g/mol. The molecule has 1 atom stereocenters. The zero-order valence-electron chi connectivity index (χ0n) is 6.96. The Labute approximate surface area is 66.4 Å². The highest BCUT2D eigenvalue weighted by molar-refractivity contribution is 6.36. The van der Waals surface area contributed by atoms with Crippen LogP contribution in [0.5, 0.6) is 0 Å². The summed E-state index contributed by atoms with van der Waals surface area (Å²) in [6.45, 7) is 2.93. The van der Waals surface area contributed by atoms with Crippen LogP contribution in [0.15, 0.2) is 0 Å². The Morgan fingerprint density at radius 1 is 1.45 bits per heavy atom. The highest BCUT2D eigenvalue weighted by Gasteiger charge is 2.07. The molecule has 0 aromatic carbocycles. The molecule has 0 saturated carbocycles. The van der Waals surface area contributed by atoms with Crippen molar-refractivity contribution in [2.24, 2.45) is 0 Å². The number of carbonyl (C=O) groups excluding carboxylic acids is 2. The van der Waals surface area contributed by atoms with Crippen molar-refractivity contribution in [3.8, 4) is 0 Å². The summed E-state index contributed by atoms with van der Waals surface area (Å²) in [5.74, 6) is -0.735. The van der Waals surface area contributed by atoms with Crippen LogP contribution in [0.4, 0.5) is 0 Å². The first-order valence-electron chi connectivity index (χ1n) is 3.76. The van der Waals surface area contributed by atoms with E-state index in [0.29, 0.717) is 12.8 Å². The standard InChI is InChI=1S/C8H14O3/c1-6(9)4-3-5-8(11)7(2)10/h6,9H,3-5H2,1-2H3/t6-/m0/s1. The summed E-state index contributed by atoms with van der Waals surface area (Å²) < 4.78 is 0. The molecule has 3 nitrogen and oxygen atoms in total. The predicted octanol–water partition coefficient (Wildman–Crippen LogP) is 0.696. The van der Waals surface area contributed by atoms with Gasteiger partial charge in [-0.15, -0.1) is 0 Å².